The first-order valence-corrected chi connectivity index (χ1v) is 4.94. The number of hydrogen-bond donors (Lipinski definition) is 0. The smallest absolute Gasteiger partial charge is 0.0419 e. The van der Waals surface area contributed by atoms with Crippen molar-refractivity contribution >= 4 is 11.6 Å². The molecule has 0 bridgehead atoms. The summed E-state index contributed by atoms with van der Waals surface area (Å²) in [6, 6.07) is 0. The van der Waals surface area contributed by atoms with Crippen molar-refractivity contribution in [3.8, 4) is 0 Å². The van der Waals surface area contributed by atoms with Crippen molar-refractivity contribution in [1.29, 1.82) is 0 Å². The Balaban J connectivity index is 4.21. The van der Waals surface area contributed by atoms with E-state index >= 15 is 0 Å². The molecule has 0 saturated carbocycles. The normalized spacial score (nSPS) is 14.2. The molecule has 0 aromatic rings. The summed E-state index contributed by atoms with van der Waals surface area (Å²) in [4.78, 5) is -0.0866. The minimum absolute atomic E-state index is 0.0866. The fourth-order valence-corrected chi connectivity index (χ4v) is 0.983. The van der Waals surface area contributed by atoms with E-state index in [1.165, 1.54) is 11.1 Å². The molecule has 0 heterocycles. The monoisotopic (exact) mass is 188 g/mol. The quantitative estimate of drug-likeness (QED) is 0.456. The van der Waals surface area contributed by atoms with Crippen LogP contribution in [-0.2, 0) is 0 Å². The second kappa shape index (κ2) is 4.32. The fraction of sp³-hybridized carbons (Fsp3) is 0.818. The van der Waals surface area contributed by atoms with Crippen LogP contribution >= 0.6 is 11.6 Å². The molecule has 0 spiro atoms. The summed E-state index contributed by atoms with van der Waals surface area (Å²) in [5.41, 5.74) is 2.89. The van der Waals surface area contributed by atoms with E-state index in [-0.39, 0.29) is 4.87 Å². The maximum atomic E-state index is 6.21. The summed E-state index contributed by atoms with van der Waals surface area (Å²) in [7, 11) is 0. The van der Waals surface area contributed by atoms with Crippen LogP contribution in [0.25, 0.3) is 0 Å². The van der Waals surface area contributed by atoms with Crippen LogP contribution in [0.2, 0.25) is 0 Å². The molecule has 0 saturated heterocycles. The summed E-state index contributed by atoms with van der Waals surface area (Å²) in [5.74, 6) is 0.536. The highest BCUT2D eigenvalue weighted by molar-refractivity contribution is 6.23. The van der Waals surface area contributed by atoms with Crippen LogP contribution in [0.3, 0.4) is 0 Å². The summed E-state index contributed by atoms with van der Waals surface area (Å²) in [6.07, 6.45) is 1.11. The molecule has 0 radical (unpaired) electrons. The zero-order chi connectivity index (χ0) is 9.94. The number of allylic oxidation sites excluding steroid dienone is 2. The molecule has 0 fully saturated rings. The Labute approximate surface area is 82.0 Å². The number of alkyl halides is 1. The minimum atomic E-state index is -0.0866. The van der Waals surface area contributed by atoms with E-state index in [4.69, 9.17) is 11.6 Å². The fourth-order valence-electron chi connectivity index (χ4n) is 0.906. The number of hydrogen-bond acceptors (Lipinski definition) is 0. The second-order valence-electron chi connectivity index (χ2n) is 4.45. The molecule has 0 amide bonds. The van der Waals surface area contributed by atoms with Gasteiger partial charge in [-0.2, -0.15) is 0 Å². The van der Waals surface area contributed by atoms with Gasteiger partial charge in [0.15, 0.2) is 0 Å². The zero-order valence-corrected chi connectivity index (χ0v) is 9.92. The summed E-state index contributed by atoms with van der Waals surface area (Å²) >= 11 is 6.21. The van der Waals surface area contributed by atoms with Crippen molar-refractivity contribution in [3.63, 3.8) is 0 Å². The topological polar surface area (TPSA) is 0 Å². The van der Waals surface area contributed by atoms with Gasteiger partial charge in [0.2, 0.25) is 0 Å². The van der Waals surface area contributed by atoms with Crippen LogP contribution in [0.15, 0.2) is 11.1 Å². The maximum Gasteiger partial charge on any atom is 0.0419 e. The van der Waals surface area contributed by atoms with Gasteiger partial charge < -0.3 is 0 Å². The molecule has 0 rings (SSSR count). The first-order valence-electron chi connectivity index (χ1n) is 4.57. The average molecular weight is 189 g/mol. The third-order valence-electron chi connectivity index (χ3n) is 2.64. The zero-order valence-electron chi connectivity index (χ0n) is 9.16. The van der Waals surface area contributed by atoms with Crippen LogP contribution in [0.5, 0.6) is 0 Å². The van der Waals surface area contributed by atoms with Gasteiger partial charge in [-0.25, -0.2) is 0 Å². The Kier molecular flexibility index (Phi) is 4.33. The van der Waals surface area contributed by atoms with E-state index in [2.05, 4.69) is 41.5 Å². The molecule has 72 valence electrons. The Bertz CT molecular complexity index is 168. The molecule has 0 aliphatic heterocycles. The number of rotatable bonds is 3. The van der Waals surface area contributed by atoms with Gasteiger partial charge in [0.25, 0.3) is 0 Å². The third kappa shape index (κ3) is 4.15. The van der Waals surface area contributed by atoms with Crippen molar-refractivity contribution < 1.29 is 0 Å². The van der Waals surface area contributed by atoms with E-state index in [1.54, 1.807) is 0 Å². The molecule has 0 N–H and O–H groups in total. The molecule has 0 aromatic heterocycles. The van der Waals surface area contributed by atoms with Crippen molar-refractivity contribution in [1.82, 2.24) is 0 Å². The SMILES string of the molecule is CC(C)=C(C)CC(C)C(C)(C)Cl. The molecule has 0 nitrogen and oxygen atoms in total. The molecule has 0 aromatic carbocycles. The molecule has 1 unspecified atom stereocenters. The van der Waals surface area contributed by atoms with Crippen LogP contribution in [0, 0.1) is 5.92 Å². The predicted molar refractivity (Wildman–Crippen MR) is 57.8 cm³/mol. The van der Waals surface area contributed by atoms with Crippen LogP contribution in [0.1, 0.15) is 48.0 Å². The summed E-state index contributed by atoms with van der Waals surface area (Å²) in [6.45, 7) is 12.9. The lowest BCUT2D eigenvalue weighted by Gasteiger charge is -2.25. The first kappa shape index (κ1) is 12.0. The van der Waals surface area contributed by atoms with Crippen molar-refractivity contribution in [2.45, 2.75) is 52.8 Å². The molecule has 1 atom stereocenters. The first-order chi connectivity index (χ1) is 5.25. The van der Waals surface area contributed by atoms with E-state index in [9.17, 15) is 0 Å². The lowest BCUT2D eigenvalue weighted by Crippen LogP contribution is -2.22. The molecule has 0 aliphatic rings. The van der Waals surface area contributed by atoms with E-state index < -0.39 is 0 Å². The van der Waals surface area contributed by atoms with Gasteiger partial charge in [-0.15, -0.1) is 11.6 Å². The van der Waals surface area contributed by atoms with Gasteiger partial charge in [-0.3, -0.25) is 0 Å². The predicted octanol–water partition coefficient (Wildman–Crippen LogP) is 4.39. The highest BCUT2D eigenvalue weighted by Crippen LogP contribution is 2.29. The maximum absolute atomic E-state index is 6.21. The van der Waals surface area contributed by atoms with E-state index in [0.29, 0.717) is 5.92 Å². The van der Waals surface area contributed by atoms with Gasteiger partial charge in [-0.1, -0.05) is 18.1 Å². The summed E-state index contributed by atoms with van der Waals surface area (Å²) < 4.78 is 0. The van der Waals surface area contributed by atoms with Crippen molar-refractivity contribution in [2.24, 2.45) is 5.92 Å². The lowest BCUT2D eigenvalue weighted by atomic mass is 9.89. The molecule has 0 aliphatic carbocycles. The second-order valence-corrected chi connectivity index (χ2v) is 5.42. The third-order valence-corrected chi connectivity index (χ3v) is 3.01. The van der Waals surface area contributed by atoms with Gasteiger partial charge in [-0.05, 0) is 47.0 Å². The highest BCUT2D eigenvalue weighted by atomic mass is 35.5. The number of halogens is 1. The van der Waals surface area contributed by atoms with Crippen LogP contribution < -0.4 is 0 Å². The molecular weight excluding hydrogens is 168 g/mol. The van der Waals surface area contributed by atoms with E-state index in [1.807, 2.05) is 0 Å². The summed E-state index contributed by atoms with van der Waals surface area (Å²) in [5, 5.41) is 0. The Morgan fingerprint density at radius 1 is 1.25 bits per heavy atom. The Hall–Kier alpha value is 0.0300. The van der Waals surface area contributed by atoms with Crippen molar-refractivity contribution in [3.05, 3.63) is 11.1 Å². The lowest BCUT2D eigenvalue weighted by molar-refractivity contribution is 0.447. The molecule has 1 heteroatoms. The minimum Gasteiger partial charge on any atom is -0.120 e. The largest absolute Gasteiger partial charge is 0.120 e. The van der Waals surface area contributed by atoms with Gasteiger partial charge in [0.05, 0.1) is 0 Å². The Morgan fingerprint density at radius 3 is 1.92 bits per heavy atom. The van der Waals surface area contributed by atoms with Gasteiger partial charge >= 0.3 is 0 Å². The highest BCUT2D eigenvalue weighted by Gasteiger charge is 2.22. The Morgan fingerprint density at radius 2 is 1.67 bits per heavy atom. The van der Waals surface area contributed by atoms with E-state index in [0.717, 1.165) is 6.42 Å². The molecular formula is C11H21Cl. The molecule has 12 heavy (non-hydrogen) atoms. The van der Waals surface area contributed by atoms with Crippen LogP contribution in [0.4, 0.5) is 0 Å². The van der Waals surface area contributed by atoms with Gasteiger partial charge in [0, 0.05) is 4.87 Å². The van der Waals surface area contributed by atoms with Crippen LogP contribution in [-0.4, -0.2) is 4.87 Å². The van der Waals surface area contributed by atoms with Crippen molar-refractivity contribution in [2.75, 3.05) is 0 Å². The average Bonchev–Trinajstić information content (AvgIpc) is 1.85. The standard InChI is InChI=1S/C11H21Cl/c1-8(2)9(3)7-10(4)11(5,6)12/h10H,7H2,1-6H3. The van der Waals surface area contributed by atoms with Gasteiger partial charge in [0.1, 0.15) is 0 Å².